The number of carbonyl (C=O) groups is 1. The standard InChI is InChI=1S/C21H39O6P/c1-2-3-4-5-6-7-8-9-10-11-12-13-14-15-16-17-21(22)25-18-20-19-26-28(23,24)27-20/h9-10,20H,2-8,11-19H2,1H3,(H,23,24)/b10-9-. The number of hydrogen-bond acceptors (Lipinski definition) is 5. The molecule has 1 aliphatic rings. The third-order valence-electron chi connectivity index (χ3n) is 4.78. The van der Waals surface area contributed by atoms with Crippen LogP contribution in [0.3, 0.4) is 0 Å². The van der Waals surface area contributed by atoms with Crippen molar-refractivity contribution in [2.24, 2.45) is 0 Å². The molecular weight excluding hydrogens is 379 g/mol. The first-order valence-corrected chi connectivity index (χ1v) is 12.5. The highest BCUT2D eigenvalue weighted by molar-refractivity contribution is 7.47. The number of phosphoric acid groups is 1. The molecule has 0 spiro atoms. The Kier molecular flexibility index (Phi) is 14.6. The number of ether oxygens (including phenoxy) is 1. The Morgan fingerprint density at radius 3 is 2.14 bits per heavy atom. The van der Waals surface area contributed by atoms with E-state index in [1.54, 1.807) is 0 Å². The summed E-state index contributed by atoms with van der Waals surface area (Å²) < 4.78 is 25.4. The first-order valence-electron chi connectivity index (χ1n) is 11.0. The average Bonchev–Trinajstić information content (AvgIpc) is 3.02. The molecule has 164 valence electrons. The molecule has 2 atom stereocenters. The fourth-order valence-electron chi connectivity index (χ4n) is 3.10. The van der Waals surface area contributed by atoms with Crippen molar-refractivity contribution in [1.82, 2.24) is 0 Å². The maximum Gasteiger partial charge on any atom is 0.472 e. The molecule has 0 aliphatic carbocycles. The zero-order valence-electron chi connectivity index (χ0n) is 17.5. The molecule has 2 unspecified atom stereocenters. The second-order valence-corrected chi connectivity index (χ2v) is 8.92. The third kappa shape index (κ3) is 14.3. The molecule has 0 radical (unpaired) electrons. The lowest BCUT2D eigenvalue weighted by atomic mass is 10.1. The summed E-state index contributed by atoms with van der Waals surface area (Å²) in [4.78, 5) is 20.7. The topological polar surface area (TPSA) is 82.1 Å². The predicted octanol–water partition coefficient (Wildman–Crippen LogP) is 6.08. The predicted molar refractivity (Wildman–Crippen MR) is 111 cm³/mol. The summed E-state index contributed by atoms with van der Waals surface area (Å²) in [6.45, 7) is 2.20. The van der Waals surface area contributed by atoms with Crippen molar-refractivity contribution in [3.8, 4) is 0 Å². The molecule has 0 aromatic rings. The molecule has 0 bridgehead atoms. The smallest absolute Gasteiger partial charge is 0.463 e. The van der Waals surface area contributed by atoms with E-state index in [1.165, 1.54) is 57.8 Å². The van der Waals surface area contributed by atoms with Crippen LogP contribution in [-0.4, -0.2) is 30.2 Å². The third-order valence-corrected chi connectivity index (χ3v) is 5.82. The molecule has 1 rings (SSSR count). The van der Waals surface area contributed by atoms with E-state index in [2.05, 4.69) is 23.6 Å². The zero-order valence-corrected chi connectivity index (χ0v) is 18.4. The normalized spacial score (nSPS) is 22.1. The van der Waals surface area contributed by atoms with Gasteiger partial charge in [-0.3, -0.25) is 13.8 Å². The summed E-state index contributed by atoms with van der Waals surface area (Å²) in [6, 6.07) is 0. The van der Waals surface area contributed by atoms with Crippen molar-refractivity contribution in [3.63, 3.8) is 0 Å². The minimum Gasteiger partial charge on any atom is -0.463 e. The molecule has 1 N–H and O–H groups in total. The number of hydrogen-bond donors (Lipinski definition) is 1. The van der Waals surface area contributed by atoms with Gasteiger partial charge in [0.05, 0.1) is 6.61 Å². The maximum absolute atomic E-state index is 11.6. The average molecular weight is 419 g/mol. The number of rotatable bonds is 17. The lowest BCUT2D eigenvalue weighted by Gasteiger charge is -2.08. The summed E-state index contributed by atoms with van der Waals surface area (Å²) in [7, 11) is -3.91. The van der Waals surface area contributed by atoms with E-state index in [-0.39, 0.29) is 19.2 Å². The monoisotopic (exact) mass is 418 g/mol. The Morgan fingerprint density at radius 1 is 1.00 bits per heavy atom. The molecule has 7 heteroatoms. The molecule has 1 aliphatic heterocycles. The van der Waals surface area contributed by atoms with Crippen molar-refractivity contribution in [1.29, 1.82) is 0 Å². The second-order valence-electron chi connectivity index (χ2n) is 7.51. The number of phosphoric ester groups is 1. The highest BCUT2D eigenvalue weighted by Gasteiger charge is 2.35. The number of esters is 1. The van der Waals surface area contributed by atoms with Crippen LogP contribution in [0.25, 0.3) is 0 Å². The first kappa shape index (κ1) is 25.4. The van der Waals surface area contributed by atoms with Gasteiger partial charge in [-0.15, -0.1) is 0 Å². The van der Waals surface area contributed by atoms with Crippen molar-refractivity contribution < 1.29 is 28.0 Å². The van der Waals surface area contributed by atoms with Gasteiger partial charge >= 0.3 is 13.8 Å². The largest absolute Gasteiger partial charge is 0.472 e. The van der Waals surface area contributed by atoms with Gasteiger partial charge in [-0.2, -0.15) is 0 Å². The van der Waals surface area contributed by atoms with Crippen molar-refractivity contribution >= 4 is 13.8 Å². The Morgan fingerprint density at radius 2 is 1.57 bits per heavy atom. The fourth-order valence-corrected chi connectivity index (χ4v) is 4.02. The van der Waals surface area contributed by atoms with Gasteiger partial charge in [0.1, 0.15) is 12.7 Å². The van der Waals surface area contributed by atoms with Crippen LogP contribution in [0.4, 0.5) is 0 Å². The van der Waals surface area contributed by atoms with E-state index in [0.717, 1.165) is 25.7 Å². The Labute approximate surface area is 170 Å². The highest BCUT2D eigenvalue weighted by Crippen LogP contribution is 2.49. The molecule has 0 aromatic heterocycles. The lowest BCUT2D eigenvalue weighted by Crippen LogP contribution is -2.20. The number of carbonyl (C=O) groups excluding carboxylic acids is 1. The SMILES string of the molecule is CCCCCCCC/C=C\CCCCCCCC(=O)OCC1COP(=O)(O)O1. The molecule has 0 saturated carbocycles. The molecule has 1 fully saturated rings. The van der Waals surface area contributed by atoms with Crippen LogP contribution in [0.2, 0.25) is 0 Å². The number of unbranched alkanes of at least 4 members (excludes halogenated alkanes) is 11. The maximum atomic E-state index is 11.6. The van der Waals surface area contributed by atoms with Crippen LogP contribution in [0.5, 0.6) is 0 Å². The first-order chi connectivity index (χ1) is 13.5. The summed E-state index contributed by atoms with van der Waals surface area (Å²) >= 11 is 0. The van der Waals surface area contributed by atoms with Gasteiger partial charge in [-0.1, -0.05) is 70.4 Å². The van der Waals surface area contributed by atoms with Crippen LogP contribution in [-0.2, 0) is 23.1 Å². The van der Waals surface area contributed by atoms with Gasteiger partial charge in [-0.05, 0) is 32.1 Å². The molecule has 28 heavy (non-hydrogen) atoms. The lowest BCUT2D eigenvalue weighted by molar-refractivity contribution is -0.146. The second kappa shape index (κ2) is 16.2. The molecule has 1 heterocycles. The van der Waals surface area contributed by atoms with Crippen LogP contribution >= 0.6 is 7.82 Å². The van der Waals surface area contributed by atoms with E-state index in [1.807, 2.05) is 0 Å². The van der Waals surface area contributed by atoms with Gasteiger partial charge in [0, 0.05) is 6.42 Å². The minimum absolute atomic E-state index is 0.0194. The molecule has 0 amide bonds. The van der Waals surface area contributed by atoms with Gasteiger partial charge in [0.2, 0.25) is 0 Å². The van der Waals surface area contributed by atoms with Crippen LogP contribution in [0, 0.1) is 0 Å². The van der Waals surface area contributed by atoms with E-state index in [4.69, 9.17) is 14.2 Å². The van der Waals surface area contributed by atoms with Crippen molar-refractivity contribution in [2.45, 2.75) is 103 Å². The van der Waals surface area contributed by atoms with Gasteiger partial charge in [0.15, 0.2) is 0 Å². The summed E-state index contributed by atoms with van der Waals surface area (Å²) in [5, 5.41) is 0. The Bertz CT molecular complexity index is 480. The van der Waals surface area contributed by atoms with Crippen LogP contribution < -0.4 is 0 Å². The fraction of sp³-hybridized carbons (Fsp3) is 0.857. The summed E-state index contributed by atoms with van der Waals surface area (Å²) in [6.07, 6.45) is 20.2. The Hall–Kier alpha value is -0.680. The highest BCUT2D eigenvalue weighted by atomic mass is 31.2. The van der Waals surface area contributed by atoms with Crippen LogP contribution in [0.15, 0.2) is 12.2 Å². The van der Waals surface area contributed by atoms with Crippen molar-refractivity contribution in [3.05, 3.63) is 12.2 Å². The van der Waals surface area contributed by atoms with E-state index in [0.29, 0.717) is 6.42 Å². The molecular formula is C21H39O6P. The number of allylic oxidation sites excluding steroid dienone is 2. The molecule has 1 saturated heterocycles. The summed E-state index contributed by atoms with van der Waals surface area (Å²) in [5.41, 5.74) is 0. The molecule has 6 nitrogen and oxygen atoms in total. The van der Waals surface area contributed by atoms with Crippen molar-refractivity contribution in [2.75, 3.05) is 13.2 Å². The van der Waals surface area contributed by atoms with Gasteiger partial charge in [-0.25, -0.2) is 4.57 Å². The van der Waals surface area contributed by atoms with E-state index >= 15 is 0 Å². The van der Waals surface area contributed by atoms with Gasteiger partial charge < -0.3 is 9.63 Å². The Balaban J connectivity index is 1.81. The van der Waals surface area contributed by atoms with E-state index in [9.17, 15) is 9.36 Å². The minimum atomic E-state index is -3.91. The van der Waals surface area contributed by atoms with Crippen LogP contribution in [0.1, 0.15) is 96.8 Å². The zero-order chi connectivity index (χ0) is 20.5. The van der Waals surface area contributed by atoms with E-state index < -0.39 is 13.9 Å². The quantitative estimate of drug-likeness (QED) is 0.133. The summed E-state index contributed by atoms with van der Waals surface area (Å²) in [5.74, 6) is -0.291. The van der Waals surface area contributed by atoms with Gasteiger partial charge in [0.25, 0.3) is 0 Å². The molecule has 0 aromatic carbocycles.